The molecule has 1 aromatic heterocycles. The van der Waals surface area contributed by atoms with Crippen molar-refractivity contribution < 1.29 is 19.2 Å². The molecule has 6 nitrogen and oxygen atoms in total. The number of ether oxygens (including phenoxy) is 1. The molecule has 1 aromatic carbocycles. The number of methoxy groups -OCH3 is 1. The first-order valence-corrected chi connectivity index (χ1v) is 6.25. The maximum absolute atomic E-state index is 10.9. The molecule has 2 rings (SSSR count). The highest BCUT2D eigenvalue weighted by molar-refractivity contribution is 5.89. The van der Waals surface area contributed by atoms with Crippen LogP contribution in [0.5, 0.6) is 0 Å². The summed E-state index contributed by atoms with van der Waals surface area (Å²) in [4.78, 5) is 15.2. The predicted molar refractivity (Wildman–Crippen MR) is 71.4 cm³/mol. The summed E-state index contributed by atoms with van der Waals surface area (Å²) < 4.78 is 10.2. The number of aromatic nitrogens is 2. The molecule has 20 heavy (non-hydrogen) atoms. The Hall–Kier alpha value is -2.21. The van der Waals surface area contributed by atoms with Crippen molar-refractivity contribution in [3.8, 4) is 11.4 Å². The van der Waals surface area contributed by atoms with Crippen LogP contribution in [-0.2, 0) is 11.2 Å². The molecule has 0 saturated heterocycles. The van der Waals surface area contributed by atoms with Crippen molar-refractivity contribution in [1.29, 1.82) is 0 Å². The minimum Gasteiger partial charge on any atom is -0.478 e. The number of hydrogen-bond acceptors (Lipinski definition) is 5. The average Bonchev–Trinajstić information content (AvgIpc) is 2.87. The van der Waals surface area contributed by atoms with Crippen molar-refractivity contribution in [3.05, 3.63) is 35.7 Å². The van der Waals surface area contributed by atoms with Crippen LogP contribution >= 0.6 is 0 Å². The van der Waals surface area contributed by atoms with Crippen LogP contribution in [0.1, 0.15) is 23.2 Å². The zero-order valence-corrected chi connectivity index (χ0v) is 11.4. The number of carboxylic acids is 1. The first-order valence-electron chi connectivity index (χ1n) is 6.25. The monoisotopic (exact) mass is 276 g/mol. The SMILES string of the molecule is COCC(C)Cc1nc(-c2cccc(C(=O)O)c2)no1. The molecule has 1 atom stereocenters. The molecule has 0 bridgehead atoms. The second-order valence-electron chi connectivity index (χ2n) is 4.66. The van der Waals surface area contributed by atoms with Gasteiger partial charge in [-0.3, -0.25) is 0 Å². The maximum Gasteiger partial charge on any atom is 0.335 e. The molecule has 0 aliphatic heterocycles. The van der Waals surface area contributed by atoms with Gasteiger partial charge in [-0.2, -0.15) is 4.98 Å². The van der Waals surface area contributed by atoms with Crippen LogP contribution in [0.15, 0.2) is 28.8 Å². The first-order chi connectivity index (χ1) is 9.60. The van der Waals surface area contributed by atoms with E-state index in [4.69, 9.17) is 14.4 Å². The van der Waals surface area contributed by atoms with Crippen LogP contribution < -0.4 is 0 Å². The van der Waals surface area contributed by atoms with Crippen LogP contribution in [0.2, 0.25) is 0 Å². The molecule has 0 aliphatic rings. The molecule has 1 unspecified atom stereocenters. The highest BCUT2D eigenvalue weighted by atomic mass is 16.5. The minimum absolute atomic E-state index is 0.196. The molecule has 2 aromatic rings. The molecule has 0 spiro atoms. The standard InChI is InChI=1S/C14H16N2O4/c1-9(8-19-2)6-12-15-13(16-20-12)10-4-3-5-11(7-10)14(17)18/h3-5,7,9H,6,8H2,1-2H3,(H,17,18). The lowest BCUT2D eigenvalue weighted by molar-refractivity contribution is 0.0697. The van der Waals surface area contributed by atoms with Crippen LogP contribution in [0.4, 0.5) is 0 Å². The van der Waals surface area contributed by atoms with Crippen molar-refractivity contribution in [1.82, 2.24) is 10.1 Å². The van der Waals surface area contributed by atoms with Crippen LogP contribution in [0.25, 0.3) is 11.4 Å². The zero-order valence-electron chi connectivity index (χ0n) is 11.4. The topological polar surface area (TPSA) is 85.5 Å². The van der Waals surface area contributed by atoms with E-state index in [0.717, 1.165) is 0 Å². The lowest BCUT2D eigenvalue weighted by atomic mass is 10.1. The van der Waals surface area contributed by atoms with E-state index in [1.54, 1.807) is 19.2 Å². The van der Waals surface area contributed by atoms with Gasteiger partial charge in [0.2, 0.25) is 11.7 Å². The van der Waals surface area contributed by atoms with E-state index in [0.29, 0.717) is 30.3 Å². The third-order valence-electron chi connectivity index (χ3n) is 2.81. The maximum atomic E-state index is 10.9. The second-order valence-corrected chi connectivity index (χ2v) is 4.66. The third kappa shape index (κ3) is 3.42. The number of hydrogen-bond donors (Lipinski definition) is 1. The summed E-state index contributed by atoms with van der Waals surface area (Å²) in [5.41, 5.74) is 0.820. The Labute approximate surface area is 116 Å². The van der Waals surface area contributed by atoms with E-state index in [1.807, 2.05) is 6.92 Å². The van der Waals surface area contributed by atoms with Gasteiger partial charge in [-0.05, 0) is 18.1 Å². The van der Waals surface area contributed by atoms with Crippen molar-refractivity contribution in [2.45, 2.75) is 13.3 Å². The van der Waals surface area contributed by atoms with Gasteiger partial charge in [-0.25, -0.2) is 4.79 Å². The average molecular weight is 276 g/mol. The molecule has 106 valence electrons. The van der Waals surface area contributed by atoms with Gasteiger partial charge < -0.3 is 14.4 Å². The summed E-state index contributed by atoms with van der Waals surface area (Å²) in [7, 11) is 1.65. The lowest BCUT2D eigenvalue weighted by Crippen LogP contribution is -2.07. The van der Waals surface area contributed by atoms with E-state index in [1.165, 1.54) is 12.1 Å². The largest absolute Gasteiger partial charge is 0.478 e. The molecule has 0 amide bonds. The van der Waals surface area contributed by atoms with Crippen molar-refractivity contribution in [3.63, 3.8) is 0 Å². The molecule has 6 heteroatoms. The number of aromatic carboxylic acids is 1. The number of carbonyl (C=O) groups is 1. The van der Waals surface area contributed by atoms with Gasteiger partial charge in [0.1, 0.15) is 0 Å². The van der Waals surface area contributed by atoms with Gasteiger partial charge in [-0.15, -0.1) is 0 Å². The number of benzene rings is 1. The van der Waals surface area contributed by atoms with Crippen LogP contribution in [-0.4, -0.2) is 34.9 Å². The van der Waals surface area contributed by atoms with Gasteiger partial charge in [0.25, 0.3) is 0 Å². The molecule has 1 N–H and O–H groups in total. The Morgan fingerprint density at radius 3 is 3.00 bits per heavy atom. The molecule has 0 saturated carbocycles. The number of nitrogens with zero attached hydrogens (tertiary/aromatic N) is 2. The van der Waals surface area contributed by atoms with Crippen molar-refractivity contribution >= 4 is 5.97 Å². The summed E-state index contributed by atoms with van der Waals surface area (Å²) in [6.45, 7) is 2.64. The fourth-order valence-electron chi connectivity index (χ4n) is 1.89. The molecule has 0 fully saturated rings. The third-order valence-corrected chi connectivity index (χ3v) is 2.81. The minimum atomic E-state index is -0.982. The fraction of sp³-hybridized carbons (Fsp3) is 0.357. The predicted octanol–water partition coefficient (Wildman–Crippen LogP) is 2.26. The highest BCUT2D eigenvalue weighted by Crippen LogP contribution is 2.18. The number of rotatable bonds is 6. The van der Waals surface area contributed by atoms with E-state index >= 15 is 0 Å². The van der Waals surface area contributed by atoms with Gasteiger partial charge in [0, 0.05) is 25.7 Å². The summed E-state index contributed by atoms with van der Waals surface area (Å²) in [5.74, 6) is 0.209. The summed E-state index contributed by atoms with van der Waals surface area (Å²) in [5, 5.41) is 12.8. The van der Waals surface area contributed by atoms with Gasteiger partial charge >= 0.3 is 5.97 Å². The van der Waals surface area contributed by atoms with Crippen LogP contribution in [0, 0.1) is 5.92 Å². The Morgan fingerprint density at radius 2 is 2.30 bits per heavy atom. The summed E-state index contributed by atoms with van der Waals surface area (Å²) >= 11 is 0. The molecular formula is C14H16N2O4. The normalized spacial score (nSPS) is 12.3. The van der Waals surface area contributed by atoms with Gasteiger partial charge in [0.05, 0.1) is 5.56 Å². The highest BCUT2D eigenvalue weighted by Gasteiger charge is 2.13. The van der Waals surface area contributed by atoms with E-state index in [9.17, 15) is 4.79 Å². The summed E-state index contributed by atoms with van der Waals surface area (Å²) in [6, 6.07) is 6.45. The van der Waals surface area contributed by atoms with E-state index in [2.05, 4.69) is 10.1 Å². The van der Waals surface area contributed by atoms with E-state index < -0.39 is 5.97 Å². The number of carboxylic acid groups (broad SMARTS) is 1. The smallest absolute Gasteiger partial charge is 0.335 e. The molecule has 1 heterocycles. The Morgan fingerprint density at radius 1 is 1.50 bits per heavy atom. The van der Waals surface area contributed by atoms with Crippen LogP contribution in [0.3, 0.4) is 0 Å². The Balaban J connectivity index is 2.16. The van der Waals surface area contributed by atoms with Crippen molar-refractivity contribution in [2.75, 3.05) is 13.7 Å². The Kier molecular flexibility index (Phi) is 4.47. The quantitative estimate of drug-likeness (QED) is 0.871. The molecular weight excluding hydrogens is 260 g/mol. The Bertz CT molecular complexity index is 594. The molecule has 0 radical (unpaired) electrons. The second kappa shape index (κ2) is 6.29. The van der Waals surface area contributed by atoms with Crippen molar-refractivity contribution in [2.24, 2.45) is 5.92 Å². The van der Waals surface area contributed by atoms with Gasteiger partial charge in [0.15, 0.2) is 0 Å². The molecule has 0 aliphatic carbocycles. The summed E-state index contributed by atoms with van der Waals surface area (Å²) in [6.07, 6.45) is 0.624. The fourth-order valence-corrected chi connectivity index (χ4v) is 1.89. The zero-order chi connectivity index (χ0) is 14.5. The van der Waals surface area contributed by atoms with E-state index in [-0.39, 0.29) is 11.5 Å². The lowest BCUT2D eigenvalue weighted by Gasteiger charge is -2.05. The first kappa shape index (κ1) is 14.2. The van der Waals surface area contributed by atoms with Gasteiger partial charge in [-0.1, -0.05) is 24.2 Å².